The second-order valence-corrected chi connectivity index (χ2v) is 17.4. The average Bonchev–Trinajstić information content (AvgIpc) is 3.79. The number of aryl methyl sites for hydroxylation is 1. The summed E-state index contributed by atoms with van der Waals surface area (Å²) in [6.45, 7) is 2.11. The van der Waals surface area contributed by atoms with E-state index in [1.165, 1.54) is 23.1 Å². The molecule has 1 aromatic heterocycles. The van der Waals surface area contributed by atoms with Crippen molar-refractivity contribution in [2.45, 2.75) is 91.9 Å². The number of allylic oxidation sites excluding steroid dienone is 1. The van der Waals surface area contributed by atoms with Crippen molar-refractivity contribution >= 4 is 38.5 Å². The van der Waals surface area contributed by atoms with Crippen LogP contribution in [-0.4, -0.2) is 122 Å². The Hall–Kier alpha value is -2.05. The number of rotatable bonds is 6. The monoisotopic (exact) mass is 751 g/mol. The molecule has 282 valence electrons. The molecule has 3 heterocycles. The molecule has 2 saturated carbocycles. The largest absolute Gasteiger partial charge is 0.485 e. The molecular weight excluding hydrogens is 703 g/mol. The predicted molar refractivity (Wildman–Crippen MR) is 189 cm³/mol. The molecule has 4 bridgehead atoms. The predicted octanol–water partition coefficient (Wildman–Crippen LogP) is 2.07. The number of aliphatic hydroxyl groups excluding tert-OH is 4. The molecular formula is C36H49NO12S2. The van der Waals surface area contributed by atoms with Crippen LogP contribution < -0.4 is 14.8 Å². The van der Waals surface area contributed by atoms with Crippen LogP contribution in [0.2, 0.25) is 0 Å². The summed E-state index contributed by atoms with van der Waals surface area (Å²) in [4.78, 5) is 12.6. The number of nitrogens with one attached hydrogen (secondary N) is 1. The van der Waals surface area contributed by atoms with Gasteiger partial charge in [0.1, 0.15) is 23.9 Å². The summed E-state index contributed by atoms with van der Waals surface area (Å²) >= 11 is 0. The van der Waals surface area contributed by atoms with Crippen molar-refractivity contribution in [1.29, 1.82) is 0 Å². The third-order valence-electron chi connectivity index (χ3n) is 11.7. The topological polar surface area (TPSA) is 201 Å². The van der Waals surface area contributed by atoms with Crippen LogP contribution in [-0.2, 0) is 20.7 Å². The Morgan fingerprint density at radius 1 is 1.14 bits per heavy atom. The molecule has 0 unspecified atom stereocenters. The first-order valence-corrected chi connectivity index (χ1v) is 20.2. The summed E-state index contributed by atoms with van der Waals surface area (Å²) in [5, 5.41) is 74.8. The molecule has 2 aliphatic heterocycles. The van der Waals surface area contributed by atoms with Crippen molar-refractivity contribution in [3.05, 3.63) is 36.1 Å². The second kappa shape index (κ2) is 14.6. The van der Waals surface area contributed by atoms with Crippen LogP contribution in [0.25, 0.3) is 11.0 Å². The Morgan fingerprint density at radius 3 is 2.69 bits per heavy atom. The van der Waals surface area contributed by atoms with Crippen molar-refractivity contribution < 1.29 is 58.8 Å². The van der Waals surface area contributed by atoms with Crippen LogP contribution in [0.15, 0.2) is 35.0 Å². The van der Waals surface area contributed by atoms with Gasteiger partial charge in [-0.1, -0.05) is 46.6 Å². The Labute approximate surface area is 304 Å². The van der Waals surface area contributed by atoms with Crippen molar-refractivity contribution in [2.24, 2.45) is 17.8 Å². The number of hydrogen-bond donors (Lipinski definition) is 7. The van der Waals surface area contributed by atoms with E-state index in [0.717, 1.165) is 25.7 Å². The van der Waals surface area contributed by atoms with E-state index < -0.39 is 72.2 Å². The molecule has 15 heteroatoms. The molecule has 3 aliphatic carbocycles. The fraction of sp³-hybridized carbons (Fsp3) is 0.694. The molecule has 7 N–H and O–H groups in total. The number of carbonyl (C=O) groups is 1. The minimum atomic E-state index is -2.41. The molecule has 7 rings (SSSR count). The van der Waals surface area contributed by atoms with Gasteiger partial charge in [-0.3, -0.25) is 4.79 Å². The number of ether oxygens (including phenoxy) is 4. The van der Waals surface area contributed by atoms with Gasteiger partial charge in [0.05, 0.1) is 25.6 Å². The molecule has 3 fully saturated rings. The molecule has 1 spiro atoms. The van der Waals surface area contributed by atoms with Crippen LogP contribution in [0.4, 0.5) is 0 Å². The van der Waals surface area contributed by atoms with Gasteiger partial charge in [-0.15, -0.1) is 0 Å². The maximum absolute atomic E-state index is 12.9. The summed E-state index contributed by atoms with van der Waals surface area (Å²) in [6, 6.07) is 3.55. The fourth-order valence-corrected chi connectivity index (χ4v) is 12.7. The smallest absolute Gasteiger partial charge is 0.306 e. The van der Waals surface area contributed by atoms with Crippen LogP contribution in [0.3, 0.4) is 0 Å². The van der Waals surface area contributed by atoms with E-state index in [4.69, 9.17) is 23.4 Å². The lowest BCUT2D eigenvalue weighted by Gasteiger charge is -2.66. The molecule has 0 radical (unpaired) electrons. The number of benzene rings is 1. The van der Waals surface area contributed by atoms with Crippen molar-refractivity contribution in [2.75, 3.05) is 45.3 Å². The standard InChI is InChI=1S/C36H49NO12S2/c1-2-45-26(41)8-6-21-15-22-9-13-46-28(22)30-29(21)48-32-36(44)27-23(5-7-25(40)24(27)17-38)16-35(43,31(36)42)34(19-39,49-32)20-50-51-33(10-3-4-11-33)18-37-12-14-47-30/h5,7,9,13,15,23-25,27,31-32,37-40,42-44H,2-4,6,8,10-12,14,16-20H2,1H3/t23-,24-,25+,27+,31+,32+,34+,35+,36+/m1/s1. The average molecular weight is 752 g/mol. The van der Waals surface area contributed by atoms with Crippen LogP contribution in [0, 0.1) is 17.8 Å². The van der Waals surface area contributed by atoms with E-state index in [0.29, 0.717) is 29.6 Å². The van der Waals surface area contributed by atoms with Gasteiger partial charge in [-0.05, 0) is 56.2 Å². The first kappa shape index (κ1) is 37.3. The van der Waals surface area contributed by atoms with E-state index in [9.17, 15) is 35.4 Å². The first-order valence-electron chi connectivity index (χ1n) is 17.9. The SMILES string of the molecule is CCOC(=O)CCc1cc2ccoc2c2c1O[C@H]1O[C@@](CO)(CSSC3(CCCC3)CNCCO2)[C@]2(O)C[C@H]3C=C[C@H](O)[C@@H](CO)[C@H]3[C@]1(O)[C@H]2O. The Kier molecular flexibility index (Phi) is 10.7. The van der Waals surface area contributed by atoms with Gasteiger partial charge in [0, 0.05) is 53.8 Å². The van der Waals surface area contributed by atoms with Crippen molar-refractivity contribution in [1.82, 2.24) is 5.32 Å². The molecule has 0 amide bonds. The summed E-state index contributed by atoms with van der Waals surface area (Å²) in [6.07, 6.45) is 4.00. The summed E-state index contributed by atoms with van der Waals surface area (Å²) < 4.78 is 30.8. The van der Waals surface area contributed by atoms with E-state index in [1.54, 1.807) is 35.9 Å². The Bertz CT molecular complexity index is 1600. The van der Waals surface area contributed by atoms with Crippen molar-refractivity contribution in [3.63, 3.8) is 0 Å². The van der Waals surface area contributed by atoms with E-state index in [2.05, 4.69) is 5.32 Å². The van der Waals surface area contributed by atoms with Gasteiger partial charge >= 0.3 is 5.97 Å². The molecule has 5 aliphatic rings. The molecule has 51 heavy (non-hydrogen) atoms. The third-order valence-corrected chi connectivity index (χ3v) is 15.1. The quantitative estimate of drug-likeness (QED) is 0.128. The van der Waals surface area contributed by atoms with Crippen molar-refractivity contribution in [3.8, 4) is 11.5 Å². The highest BCUT2D eigenvalue weighted by Gasteiger charge is 2.76. The number of furan rings is 1. The normalized spacial score (nSPS) is 37.8. The summed E-state index contributed by atoms with van der Waals surface area (Å²) in [7, 11) is 3.12. The lowest BCUT2D eigenvalue weighted by Crippen LogP contribution is -2.85. The Balaban J connectivity index is 1.39. The highest BCUT2D eigenvalue weighted by atomic mass is 33.1. The minimum Gasteiger partial charge on any atom is -0.485 e. The maximum atomic E-state index is 12.9. The van der Waals surface area contributed by atoms with Gasteiger partial charge in [-0.25, -0.2) is 0 Å². The molecule has 1 aromatic carbocycles. The zero-order valence-corrected chi connectivity index (χ0v) is 30.3. The van der Waals surface area contributed by atoms with Crippen LogP contribution in [0.5, 0.6) is 11.5 Å². The number of fused-ring (bicyclic) bond motifs is 11. The number of esters is 1. The highest BCUT2D eigenvalue weighted by Crippen LogP contribution is 2.61. The maximum Gasteiger partial charge on any atom is 0.306 e. The lowest BCUT2D eigenvalue weighted by atomic mass is 9.51. The molecule has 2 aromatic rings. The van der Waals surface area contributed by atoms with Gasteiger partial charge < -0.3 is 59.3 Å². The summed E-state index contributed by atoms with van der Waals surface area (Å²) in [5.74, 6) is -2.71. The van der Waals surface area contributed by atoms with Gasteiger partial charge in [0.2, 0.25) is 12.0 Å². The number of carbonyl (C=O) groups excluding carboxylic acids is 1. The number of aliphatic hydroxyl groups is 6. The molecule has 13 nitrogen and oxygen atoms in total. The fourth-order valence-electron chi connectivity index (χ4n) is 9.05. The zero-order chi connectivity index (χ0) is 36.0. The van der Waals surface area contributed by atoms with Gasteiger partial charge in [-0.2, -0.15) is 0 Å². The Morgan fingerprint density at radius 2 is 1.94 bits per heavy atom. The molecule has 1 saturated heterocycles. The van der Waals surface area contributed by atoms with E-state index in [1.807, 2.05) is 0 Å². The first-order chi connectivity index (χ1) is 24.5. The molecule has 9 atom stereocenters. The number of hydrogen-bond acceptors (Lipinski definition) is 15. The third kappa shape index (κ3) is 6.28. The summed E-state index contributed by atoms with van der Waals surface area (Å²) in [5.41, 5.74) is -5.54. The van der Waals surface area contributed by atoms with Gasteiger partial charge in [0.25, 0.3) is 0 Å². The van der Waals surface area contributed by atoms with Gasteiger partial charge in [0.15, 0.2) is 16.9 Å². The minimum absolute atomic E-state index is 0.00246. The second-order valence-electron chi connectivity index (χ2n) is 14.6. The highest BCUT2D eigenvalue weighted by molar-refractivity contribution is 8.77. The van der Waals surface area contributed by atoms with E-state index >= 15 is 0 Å². The van der Waals surface area contributed by atoms with Crippen LogP contribution in [0.1, 0.15) is 51.0 Å². The van der Waals surface area contributed by atoms with Crippen LogP contribution >= 0.6 is 21.6 Å². The lowest BCUT2D eigenvalue weighted by molar-refractivity contribution is -0.416. The van der Waals surface area contributed by atoms with E-state index in [-0.39, 0.29) is 54.5 Å². The zero-order valence-electron chi connectivity index (χ0n) is 28.7.